The maximum atomic E-state index is 13.8. The van der Waals surface area contributed by atoms with Crippen LogP contribution in [0.2, 0.25) is 5.02 Å². The van der Waals surface area contributed by atoms with Gasteiger partial charge in [0.2, 0.25) is 5.91 Å². The van der Waals surface area contributed by atoms with Crippen molar-refractivity contribution < 1.29 is 14.3 Å². The number of imidazole rings is 1. The van der Waals surface area contributed by atoms with Crippen LogP contribution in [0.4, 0.5) is 5.69 Å². The molecule has 3 aromatic carbocycles. The minimum Gasteiger partial charge on any atom is -0.494 e. The molecule has 2 unspecified atom stereocenters. The third-order valence-electron chi connectivity index (χ3n) is 11.1. The SMILES string of the molecule is COc1cc(C(=O)N2CC3CCC2[C@@H]3C)cc2nc(-c3cc4ccc(-c5ccc6c(c5Cl)CC(=O)N6)cc4n3CC3CC3)n(C)c12. The Kier molecular flexibility index (Phi) is 6.14. The Balaban J connectivity index is 1.15. The molecule has 2 bridgehead atoms. The number of amides is 2. The van der Waals surface area contributed by atoms with Gasteiger partial charge in [-0.1, -0.05) is 36.7 Å². The number of likely N-dealkylation sites (tertiary alicyclic amines) is 1. The second kappa shape index (κ2) is 10.1. The highest BCUT2D eigenvalue weighted by atomic mass is 35.5. The van der Waals surface area contributed by atoms with Gasteiger partial charge in [0.25, 0.3) is 5.91 Å². The van der Waals surface area contributed by atoms with E-state index in [9.17, 15) is 9.59 Å². The standard InChI is InChI=1S/C37H36ClN5O3/c1-19-23-8-11-29(19)43(18-23)37(45)24-12-28-35(32(15-24)46-3)41(2)36(40-28)31-14-22-7-6-21(13-30(22)42(31)17-20-4-5-20)25-9-10-27-26(34(25)38)16-33(44)39-27/h6-7,9-10,12-15,19-20,23,29H,4-5,8,11,16-18H2,1-3H3,(H,39,44)/t19-,23?,29?/m1/s1. The molecule has 2 aliphatic carbocycles. The molecule has 8 nitrogen and oxygen atoms in total. The van der Waals surface area contributed by atoms with Gasteiger partial charge in [-0.25, -0.2) is 4.98 Å². The van der Waals surface area contributed by atoms with Crippen molar-refractivity contribution in [2.24, 2.45) is 24.8 Å². The molecule has 234 valence electrons. The smallest absolute Gasteiger partial charge is 0.254 e. The number of carbonyl (C=O) groups is 2. The highest BCUT2D eigenvalue weighted by Gasteiger charge is 2.46. The second-order valence-corrected chi connectivity index (χ2v) is 14.2. The second-order valence-electron chi connectivity index (χ2n) is 13.8. The highest BCUT2D eigenvalue weighted by molar-refractivity contribution is 6.35. The van der Waals surface area contributed by atoms with Crippen molar-refractivity contribution in [3.63, 3.8) is 0 Å². The van der Waals surface area contributed by atoms with Crippen molar-refractivity contribution in [3.05, 3.63) is 64.7 Å². The van der Waals surface area contributed by atoms with Crippen LogP contribution in [-0.2, 0) is 24.8 Å². The van der Waals surface area contributed by atoms with E-state index >= 15 is 0 Å². The third-order valence-corrected chi connectivity index (χ3v) is 11.5. The van der Waals surface area contributed by atoms with Crippen molar-refractivity contribution in [2.75, 3.05) is 19.0 Å². The molecule has 0 radical (unpaired) electrons. The average molecular weight is 634 g/mol. The lowest BCUT2D eigenvalue weighted by Crippen LogP contribution is -2.38. The molecule has 4 heterocycles. The van der Waals surface area contributed by atoms with Crippen molar-refractivity contribution in [2.45, 2.75) is 51.6 Å². The number of aryl methyl sites for hydroxylation is 1. The number of ether oxygens (including phenoxy) is 1. The average Bonchev–Trinajstić information content (AvgIpc) is 3.28. The van der Waals surface area contributed by atoms with Gasteiger partial charge in [-0.15, -0.1) is 0 Å². The predicted molar refractivity (Wildman–Crippen MR) is 180 cm³/mol. The summed E-state index contributed by atoms with van der Waals surface area (Å²) in [5.74, 6) is 3.34. The van der Waals surface area contributed by atoms with Gasteiger partial charge in [-0.2, -0.15) is 0 Å². The zero-order valence-corrected chi connectivity index (χ0v) is 27.0. The molecule has 9 rings (SSSR count). The van der Waals surface area contributed by atoms with Gasteiger partial charge >= 0.3 is 0 Å². The number of nitrogens with zero attached hydrogens (tertiary/aromatic N) is 4. The maximum Gasteiger partial charge on any atom is 0.254 e. The maximum absolute atomic E-state index is 13.8. The molecule has 1 saturated heterocycles. The van der Waals surface area contributed by atoms with Crippen LogP contribution in [0.25, 0.3) is 44.6 Å². The molecule has 2 aromatic heterocycles. The van der Waals surface area contributed by atoms with Gasteiger partial charge in [0.1, 0.15) is 11.3 Å². The zero-order chi connectivity index (χ0) is 31.4. The lowest BCUT2D eigenvalue weighted by molar-refractivity contribution is -0.115. The van der Waals surface area contributed by atoms with E-state index < -0.39 is 0 Å². The first-order valence-electron chi connectivity index (χ1n) is 16.4. The van der Waals surface area contributed by atoms with Crippen LogP contribution < -0.4 is 10.1 Å². The van der Waals surface area contributed by atoms with E-state index in [2.05, 4.69) is 50.5 Å². The van der Waals surface area contributed by atoms with Crippen LogP contribution >= 0.6 is 11.6 Å². The van der Waals surface area contributed by atoms with Gasteiger partial charge in [-0.05, 0) is 79.3 Å². The van der Waals surface area contributed by atoms with Gasteiger partial charge in [0, 0.05) is 59.5 Å². The summed E-state index contributed by atoms with van der Waals surface area (Å²) in [5.41, 5.74) is 8.02. The summed E-state index contributed by atoms with van der Waals surface area (Å²) < 4.78 is 10.4. The molecule has 0 spiro atoms. The molecule has 5 aromatic rings. The molecule has 46 heavy (non-hydrogen) atoms. The molecule has 3 atom stereocenters. The summed E-state index contributed by atoms with van der Waals surface area (Å²) in [6, 6.07) is 16.8. The summed E-state index contributed by atoms with van der Waals surface area (Å²) in [6.07, 6.45) is 5.04. The van der Waals surface area contributed by atoms with Crippen LogP contribution in [0.15, 0.2) is 48.5 Å². The number of benzene rings is 3. The van der Waals surface area contributed by atoms with E-state index in [-0.39, 0.29) is 11.8 Å². The molecule has 1 N–H and O–H groups in total. The number of piperidine rings is 1. The topological polar surface area (TPSA) is 81.4 Å². The van der Waals surface area contributed by atoms with Crippen LogP contribution in [0.5, 0.6) is 5.75 Å². The number of nitrogens with one attached hydrogen (secondary N) is 1. The summed E-state index contributed by atoms with van der Waals surface area (Å²) in [6.45, 7) is 4.03. The fraction of sp³-hybridized carbons (Fsp3) is 0.378. The number of aromatic nitrogens is 3. The van der Waals surface area contributed by atoms with E-state index in [1.54, 1.807) is 7.11 Å². The Morgan fingerprint density at radius 1 is 1.09 bits per heavy atom. The number of rotatable bonds is 6. The van der Waals surface area contributed by atoms with E-state index in [1.165, 1.54) is 19.3 Å². The lowest BCUT2D eigenvalue weighted by Gasteiger charge is -2.27. The summed E-state index contributed by atoms with van der Waals surface area (Å²) in [7, 11) is 3.69. The van der Waals surface area contributed by atoms with Crippen molar-refractivity contribution in [3.8, 4) is 28.4 Å². The fourth-order valence-corrected chi connectivity index (χ4v) is 8.72. The molecular weight excluding hydrogens is 598 g/mol. The highest BCUT2D eigenvalue weighted by Crippen LogP contribution is 2.44. The molecule has 4 aliphatic rings. The summed E-state index contributed by atoms with van der Waals surface area (Å²) in [5, 5.41) is 4.65. The monoisotopic (exact) mass is 633 g/mol. The Morgan fingerprint density at radius 2 is 1.93 bits per heavy atom. The number of methoxy groups -OCH3 is 1. The number of halogens is 1. The van der Waals surface area contributed by atoms with Gasteiger partial charge in [0.15, 0.2) is 5.82 Å². The number of fused-ring (bicyclic) bond motifs is 5. The first kappa shape index (κ1) is 28.0. The Bertz CT molecular complexity index is 2120. The van der Waals surface area contributed by atoms with Gasteiger partial charge in [0.05, 0.1) is 29.8 Å². The third kappa shape index (κ3) is 4.15. The van der Waals surface area contributed by atoms with Gasteiger partial charge < -0.3 is 24.1 Å². The number of hydrogen-bond donors (Lipinski definition) is 1. The first-order valence-corrected chi connectivity index (χ1v) is 16.8. The van der Waals surface area contributed by atoms with Crippen LogP contribution in [0, 0.1) is 17.8 Å². The summed E-state index contributed by atoms with van der Waals surface area (Å²) in [4.78, 5) is 33.1. The number of anilines is 1. The molecular formula is C37H36ClN5O3. The van der Waals surface area contributed by atoms with E-state index in [4.69, 9.17) is 21.3 Å². The predicted octanol–water partition coefficient (Wildman–Crippen LogP) is 7.30. The van der Waals surface area contributed by atoms with E-state index in [0.717, 1.165) is 75.3 Å². The van der Waals surface area contributed by atoms with Crippen LogP contribution in [-0.4, -0.2) is 50.5 Å². The fourth-order valence-electron chi connectivity index (χ4n) is 8.38. The molecule has 2 aliphatic heterocycles. The normalized spacial score (nSPS) is 21.9. The van der Waals surface area contributed by atoms with Crippen LogP contribution in [0.3, 0.4) is 0 Å². The van der Waals surface area contributed by atoms with E-state index in [0.29, 0.717) is 46.6 Å². The van der Waals surface area contributed by atoms with Crippen molar-refractivity contribution in [1.82, 2.24) is 19.0 Å². The number of hydrogen-bond acceptors (Lipinski definition) is 4. The van der Waals surface area contributed by atoms with Gasteiger partial charge in [-0.3, -0.25) is 9.59 Å². The Labute approximate surface area is 272 Å². The number of carbonyl (C=O) groups excluding carboxylic acids is 2. The largest absolute Gasteiger partial charge is 0.494 e. The molecule has 2 amide bonds. The quantitative estimate of drug-likeness (QED) is 0.213. The Morgan fingerprint density at radius 3 is 2.67 bits per heavy atom. The van der Waals surface area contributed by atoms with Crippen molar-refractivity contribution >= 4 is 51.0 Å². The van der Waals surface area contributed by atoms with E-state index in [1.807, 2.05) is 31.3 Å². The minimum atomic E-state index is -0.0272. The summed E-state index contributed by atoms with van der Waals surface area (Å²) >= 11 is 6.89. The molecule has 2 saturated carbocycles. The first-order chi connectivity index (χ1) is 22.3. The van der Waals surface area contributed by atoms with Crippen molar-refractivity contribution in [1.29, 1.82) is 0 Å². The molecule has 9 heteroatoms. The zero-order valence-electron chi connectivity index (χ0n) is 26.3. The minimum absolute atomic E-state index is 0.0272. The van der Waals surface area contributed by atoms with Crippen LogP contribution in [0.1, 0.15) is 48.5 Å². The lowest BCUT2D eigenvalue weighted by atomic mass is 10.0. The molecule has 3 fully saturated rings. The Hall–Kier alpha value is -4.30.